The molecule has 0 aliphatic rings. The maximum atomic E-state index is 12.0. The molecule has 3 N–H and O–H groups in total. The lowest BCUT2D eigenvalue weighted by Crippen LogP contribution is -2.33. The molecule has 0 radical (unpaired) electrons. The molecule has 2 aromatic carbocycles. The smallest absolute Gasteiger partial charge is 0.337 e. The van der Waals surface area contributed by atoms with Crippen LogP contribution in [0.25, 0.3) is 0 Å². The van der Waals surface area contributed by atoms with Gasteiger partial charge in [-0.1, -0.05) is 23.2 Å². The van der Waals surface area contributed by atoms with Crippen molar-refractivity contribution in [3.8, 4) is 5.75 Å². The Hall–Kier alpha value is -2.77. The van der Waals surface area contributed by atoms with Gasteiger partial charge in [0.05, 0.1) is 35.5 Å². The van der Waals surface area contributed by atoms with E-state index in [-0.39, 0.29) is 34.1 Å². The summed E-state index contributed by atoms with van der Waals surface area (Å²) in [5.74, 6) is -2.06. The van der Waals surface area contributed by atoms with E-state index in [4.69, 9.17) is 23.2 Å². The number of rotatable bonds is 5. The molecule has 0 heterocycles. The van der Waals surface area contributed by atoms with Gasteiger partial charge in [0.15, 0.2) is 0 Å². The molecule has 0 aliphatic heterocycles. The molecule has 7 nitrogen and oxygen atoms in total. The van der Waals surface area contributed by atoms with Crippen LogP contribution in [0.2, 0.25) is 10.0 Å². The van der Waals surface area contributed by atoms with E-state index in [1.165, 1.54) is 37.4 Å². The number of esters is 1. The Morgan fingerprint density at radius 3 is 2.46 bits per heavy atom. The number of phenolic OH excluding ortho intramolecular Hbond substituents is 1. The summed E-state index contributed by atoms with van der Waals surface area (Å²) in [7, 11) is 1.21. The lowest BCUT2D eigenvalue weighted by molar-refractivity contribution is -0.115. The lowest BCUT2D eigenvalue weighted by atomic mass is 10.2. The summed E-state index contributed by atoms with van der Waals surface area (Å²) in [5, 5.41) is 15.2. The number of carbonyl (C=O) groups is 3. The summed E-state index contributed by atoms with van der Waals surface area (Å²) in [4.78, 5) is 35.3. The van der Waals surface area contributed by atoms with Gasteiger partial charge < -0.3 is 20.5 Å². The Bertz CT molecular complexity index is 870. The van der Waals surface area contributed by atoms with Crippen molar-refractivity contribution in [1.29, 1.82) is 0 Å². The summed E-state index contributed by atoms with van der Waals surface area (Å²) in [5.41, 5.74) is 0.393. The van der Waals surface area contributed by atoms with Crippen molar-refractivity contribution in [2.75, 3.05) is 19.0 Å². The van der Waals surface area contributed by atoms with Crippen molar-refractivity contribution in [3.63, 3.8) is 0 Å². The number of halogens is 2. The molecular formula is C17H14Cl2N2O5. The number of amides is 2. The molecule has 26 heavy (non-hydrogen) atoms. The largest absolute Gasteiger partial charge is 0.506 e. The number of carbonyl (C=O) groups excluding carboxylic acids is 3. The summed E-state index contributed by atoms with van der Waals surface area (Å²) in [6.45, 7) is -0.351. The standard InChI is InChI=1S/C17H14Cl2N2O5/c1-26-17(25)9-2-5-13(14(22)6-9)21-15(23)8-20-16(24)11-4-3-10(18)7-12(11)19/h2-7,22H,8H2,1H3,(H,20,24)(H,21,23). The second-order valence-electron chi connectivity index (χ2n) is 5.08. The van der Waals surface area contributed by atoms with E-state index in [9.17, 15) is 19.5 Å². The van der Waals surface area contributed by atoms with Crippen molar-refractivity contribution in [2.24, 2.45) is 0 Å². The number of nitrogens with one attached hydrogen (secondary N) is 2. The molecule has 2 aromatic rings. The summed E-state index contributed by atoms with van der Waals surface area (Å²) in [6.07, 6.45) is 0. The Labute approximate surface area is 158 Å². The second kappa shape index (κ2) is 8.55. The van der Waals surface area contributed by atoms with E-state index in [1.807, 2.05) is 0 Å². The van der Waals surface area contributed by atoms with E-state index in [0.29, 0.717) is 5.02 Å². The highest BCUT2D eigenvalue weighted by Crippen LogP contribution is 2.24. The third-order valence-electron chi connectivity index (χ3n) is 3.28. The van der Waals surface area contributed by atoms with E-state index < -0.39 is 17.8 Å². The van der Waals surface area contributed by atoms with E-state index in [0.717, 1.165) is 6.07 Å². The highest BCUT2D eigenvalue weighted by atomic mass is 35.5. The molecule has 0 aliphatic carbocycles. The van der Waals surface area contributed by atoms with Crippen molar-refractivity contribution >= 4 is 46.7 Å². The lowest BCUT2D eigenvalue weighted by Gasteiger charge is -2.10. The number of aromatic hydroxyl groups is 1. The van der Waals surface area contributed by atoms with Crippen LogP contribution in [0, 0.1) is 0 Å². The van der Waals surface area contributed by atoms with Crippen LogP contribution in [-0.2, 0) is 9.53 Å². The summed E-state index contributed by atoms with van der Waals surface area (Å²) < 4.78 is 4.53. The zero-order valence-electron chi connectivity index (χ0n) is 13.5. The Kier molecular flexibility index (Phi) is 6.43. The van der Waals surface area contributed by atoms with Crippen molar-refractivity contribution < 1.29 is 24.2 Å². The number of anilines is 1. The van der Waals surface area contributed by atoms with Gasteiger partial charge in [-0.05, 0) is 36.4 Å². The monoisotopic (exact) mass is 396 g/mol. The van der Waals surface area contributed by atoms with Gasteiger partial charge in [-0.2, -0.15) is 0 Å². The molecule has 0 bridgehead atoms. The third kappa shape index (κ3) is 4.87. The minimum Gasteiger partial charge on any atom is -0.506 e. The average molecular weight is 397 g/mol. The number of phenols is 1. The van der Waals surface area contributed by atoms with Gasteiger partial charge in [-0.25, -0.2) is 4.79 Å². The predicted molar refractivity (Wildman–Crippen MR) is 96.9 cm³/mol. The van der Waals surface area contributed by atoms with Crippen molar-refractivity contribution in [2.45, 2.75) is 0 Å². The van der Waals surface area contributed by atoms with Crippen LogP contribution in [0.1, 0.15) is 20.7 Å². The zero-order valence-corrected chi connectivity index (χ0v) is 15.0. The molecule has 136 valence electrons. The molecule has 0 saturated heterocycles. The molecule has 2 amide bonds. The predicted octanol–water partition coefficient (Wildman–Crippen LogP) is 2.85. The maximum absolute atomic E-state index is 12.0. The van der Waals surface area contributed by atoms with Crippen LogP contribution >= 0.6 is 23.2 Å². The third-order valence-corrected chi connectivity index (χ3v) is 3.83. The minimum absolute atomic E-state index is 0.0847. The van der Waals surface area contributed by atoms with Crippen molar-refractivity contribution in [1.82, 2.24) is 5.32 Å². The number of hydrogen-bond acceptors (Lipinski definition) is 5. The first-order chi connectivity index (χ1) is 12.3. The van der Waals surface area contributed by atoms with Gasteiger partial charge in [0.25, 0.3) is 5.91 Å². The van der Waals surface area contributed by atoms with E-state index >= 15 is 0 Å². The Balaban J connectivity index is 1.96. The molecule has 0 aromatic heterocycles. The van der Waals surface area contributed by atoms with Crippen LogP contribution in [0.3, 0.4) is 0 Å². The van der Waals surface area contributed by atoms with Gasteiger partial charge in [0, 0.05) is 5.02 Å². The first-order valence-corrected chi connectivity index (χ1v) is 8.02. The fourth-order valence-corrected chi connectivity index (χ4v) is 2.50. The van der Waals surface area contributed by atoms with Gasteiger partial charge >= 0.3 is 5.97 Å². The highest BCUT2D eigenvalue weighted by molar-refractivity contribution is 6.36. The van der Waals surface area contributed by atoms with Crippen LogP contribution in [0.5, 0.6) is 5.75 Å². The normalized spacial score (nSPS) is 10.1. The number of methoxy groups -OCH3 is 1. The van der Waals surface area contributed by atoms with Crippen LogP contribution < -0.4 is 10.6 Å². The molecular weight excluding hydrogens is 383 g/mol. The van der Waals surface area contributed by atoms with Gasteiger partial charge in [-0.3, -0.25) is 9.59 Å². The molecule has 0 spiro atoms. The topological polar surface area (TPSA) is 105 Å². The van der Waals surface area contributed by atoms with Crippen LogP contribution in [-0.4, -0.2) is 36.5 Å². The minimum atomic E-state index is -0.620. The van der Waals surface area contributed by atoms with Gasteiger partial charge in [0.1, 0.15) is 5.75 Å². The molecule has 0 saturated carbocycles. The van der Waals surface area contributed by atoms with Gasteiger partial charge in [-0.15, -0.1) is 0 Å². The fourth-order valence-electron chi connectivity index (χ4n) is 2.01. The van der Waals surface area contributed by atoms with Gasteiger partial charge in [0.2, 0.25) is 5.91 Å². The second-order valence-corrected chi connectivity index (χ2v) is 5.92. The van der Waals surface area contributed by atoms with Crippen LogP contribution in [0.15, 0.2) is 36.4 Å². The zero-order chi connectivity index (χ0) is 19.3. The molecule has 0 atom stereocenters. The maximum Gasteiger partial charge on any atom is 0.337 e. The number of hydrogen-bond donors (Lipinski definition) is 3. The summed E-state index contributed by atoms with van der Waals surface area (Å²) in [6, 6.07) is 8.25. The molecule has 9 heteroatoms. The highest BCUT2D eigenvalue weighted by Gasteiger charge is 2.14. The fraction of sp³-hybridized carbons (Fsp3) is 0.118. The first kappa shape index (κ1) is 19.6. The summed E-state index contributed by atoms with van der Waals surface area (Å²) >= 11 is 11.7. The molecule has 0 fully saturated rings. The quantitative estimate of drug-likeness (QED) is 0.532. The molecule has 0 unspecified atom stereocenters. The van der Waals surface area contributed by atoms with E-state index in [2.05, 4.69) is 15.4 Å². The van der Waals surface area contributed by atoms with Crippen molar-refractivity contribution in [3.05, 3.63) is 57.6 Å². The average Bonchev–Trinajstić information content (AvgIpc) is 2.60. The molecule has 2 rings (SSSR count). The SMILES string of the molecule is COC(=O)c1ccc(NC(=O)CNC(=O)c2ccc(Cl)cc2Cl)c(O)c1. The Morgan fingerprint density at radius 1 is 1.12 bits per heavy atom. The van der Waals surface area contributed by atoms with Crippen LogP contribution in [0.4, 0.5) is 5.69 Å². The first-order valence-electron chi connectivity index (χ1n) is 7.26. The Morgan fingerprint density at radius 2 is 1.85 bits per heavy atom. The number of benzene rings is 2. The number of ether oxygens (including phenoxy) is 1. The van der Waals surface area contributed by atoms with E-state index in [1.54, 1.807) is 0 Å².